The number of alkyl halides is 4. The third-order valence-corrected chi connectivity index (χ3v) is 3.73. The minimum absolute atomic E-state index is 0.176. The zero-order valence-electron chi connectivity index (χ0n) is 5.58. The van der Waals surface area contributed by atoms with Crippen LogP contribution in [-0.4, -0.2) is 20.8 Å². The molecule has 0 amide bonds. The van der Waals surface area contributed by atoms with Crippen molar-refractivity contribution in [3.8, 4) is 0 Å². The summed E-state index contributed by atoms with van der Waals surface area (Å²) in [4.78, 5) is 0. The summed E-state index contributed by atoms with van der Waals surface area (Å²) in [5, 5.41) is 3.18. The van der Waals surface area contributed by atoms with Gasteiger partial charge in [0.05, 0.1) is 0 Å². The molecule has 2 aliphatic carbocycles. The molecular formula is C6H7Cl4N. The van der Waals surface area contributed by atoms with Gasteiger partial charge in [0.15, 0.2) is 0 Å². The topological polar surface area (TPSA) is 12.0 Å². The lowest BCUT2D eigenvalue weighted by atomic mass is 10.6. The fourth-order valence-electron chi connectivity index (χ4n) is 1.03. The smallest absolute Gasteiger partial charge is 0.135 e. The number of hydrogen-bond donors (Lipinski definition) is 1. The summed E-state index contributed by atoms with van der Waals surface area (Å²) < 4.78 is -1.15. The van der Waals surface area contributed by atoms with Crippen LogP contribution in [-0.2, 0) is 0 Å². The van der Waals surface area contributed by atoms with Crippen LogP contribution in [0.5, 0.6) is 0 Å². The molecular weight excluding hydrogens is 228 g/mol. The molecule has 64 valence electrons. The minimum Gasteiger partial charge on any atom is -0.305 e. The van der Waals surface area contributed by atoms with E-state index < -0.39 is 8.67 Å². The van der Waals surface area contributed by atoms with Crippen LogP contribution in [0.15, 0.2) is 0 Å². The van der Waals surface area contributed by atoms with Gasteiger partial charge in [0.25, 0.3) is 0 Å². The Kier molecular flexibility index (Phi) is 1.84. The van der Waals surface area contributed by atoms with E-state index in [1.807, 2.05) is 0 Å². The molecule has 1 N–H and O–H groups in total. The van der Waals surface area contributed by atoms with E-state index in [-0.39, 0.29) is 12.1 Å². The number of nitrogens with one attached hydrogen (secondary N) is 1. The fourth-order valence-corrected chi connectivity index (χ4v) is 1.90. The van der Waals surface area contributed by atoms with Crippen LogP contribution >= 0.6 is 46.4 Å². The van der Waals surface area contributed by atoms with E-state index in [1.165, 1.54) is 0 Å². The Morgan fingerprint density at radius 3 is 1.36 bits per heavy atom. The average molecular weight is 235 g/mol. The first-order chi connectivity index (χ1) is 4.92. The molecule has 2 fully saturated rings. The van der Waals surface area contributed by atoms with E-state index in [0.717, 1.165) is 12.8 Å². The van der Waals surface area contributed by atoms with E-state index in [1.54, 1.807) is 0 Å². The van der Waals surface area contributed by atoms with Crippen molar-refractivity contribution >= 4 is 46.4 Å². The Morgan fingerprint density at radius 2 is 1.18 bits per heavy atom. The molecule has 2 atom stereocenters. The van der Waals surface area contributed by atoms with Crippen LogP contribution < -0.4 is 5.32 Å². The summed E-state index contributed by atoms with van der Waals surface area (Å²) in [6.07, 6.45) is 1.58. The van der Waals surface area contributed by atoms with Crippen molar-refractivity contribution in [3.05, 3.63) is 0 Å². The second kappa shape index (κ2) is 2.33. The maximum absolute atomic E-state index is 5.79. The average Bonchev–Trinajstić information content (AvgIpc) is 2.54. The maximum atomic E-state index is 5.79. The molecule has 0 spiro atoms. The molecule has 2 unspecified atom stereocenters. The van der Waals surface area contributed by atoms with E-state index in [2.05, 4.69) is 5.32 Å². The summed E-state index contributed by atoms with van der Waals surface area (Å²) in [7, 11) is 0. The number of rotatable bonds is 2. The lowest BCUT2D eigenvalue weighted by Crippen LogP contribution is -2.26. The number of halogens is 4. The highest BCUT2D eigenvalue weighted by atomic mass is 35.5. The molecule has 0 bridgehead atoms. The van der Waals surface area contributed by atoms with Crippen LogP contribution in [0.2, 0.25) is 0 Å². The lowest BCUT2D eigenvalue weighted by Gasteiger charge is -2.02. The van der Waals surface area contributed by atoms with Gasteiger partial charge in [-0.3, -0.25) is 0 Å². The number of hydrogen-bond acceptors (Lipinski definition) is 1. The fraction of sp³-hybridized carbons (Fsp3) is 1.00. The molecule has 0 aliphatic heterocycles. The molecule has 0 heterocycles. The first-order valence-corrected chi connectivity index (χ1v) is 4.95. The zero-order valence-corrected chi connectivity index (χ0v) is 8.60. The lowest BCUT2D eigenvalue weighted by molar-refractivity contribution is 0.672. The van der Waals surface area contributed by atoms with E-state index in [0.29, 0.717) is 0 Å². The van der Waals surface area contributed by atoms with Gasteiger partial charge < -0.3 is 5.32 Å². The molecule has 0 saturated heterocycles. The van der Waals surface area contributed by atoms with E-state index >= 15 is 0 Å². The third kappa shape index (κ3) is 1.73. The first-order valence-electron chi connectivity index (χ1n) is 3.43. The molecule has 5 heteroatoms. The van der Waals surface area contributed by atoms with Gasteiger partial charge in [-0.1, -0.05) is 46.4 Å². The Morgan fingerprint density at radius 1 is 0.909 bits per heavy atom. The van der Waals surface area contributed by atoms with Crippen LogP contribution in [0, 0.1) is 0 Å². The van der Waals surface area contributed by atoms with Crippen molar-refractivity contribution in [2.45, 2.75) is 33.6 Å². The SMILES string of the molecule is ClC1(Cl)CC1NC1CC1(Cl)Cl. The molecule has 2 saturated carbocycles. The zero-order chi connectivity index (χ0) is 8.28. The molecule has 0 aromatic carbocycles. The van der Waals surface area contributed by atoms with Crippen molar-refractivity contribution < 1.29 is 0 Å². The molecule has 2 aliphatic rings. The van der Waals surface area contributed by atoms with Gasteiger partial charge in [0, 0.05) is 24.9 Å². The maximum Gasteiger partial charge on any atom is 0.135 e. The summed E-state index contributed by atoms with van der Waals surface area (Å²) >= 11 is 23.2. The van der Waals surface area contributed by atoms with Crippen molar-refractivity contribution in [1.82, 2.24) is 5.32 Å². The molecule has 0 aromatic rings. The predicted molar refractivity (Wildman–Crippen MR) is 48.8 cm³/mol. The van der Waals surface area contributed by atoms with Gasteiger partial charge in [-0.2, -0.15) is 0 Å². The van der Waals surface area contributed by atoms with Gasteiger partial charge in [-0.25, -0.2) is 0 Å². The summed E-state index contributed by atoms with van der Waals surface area (Å²) in [6, 6.07) is 0.352. The third-order valence-electron chi connectivity index (χ3n) is 2.05. The molecule has 1 nitrogen and oxygen atoms in total. The molecule has 0 aromatic heterocycles. The summed E-state index contributed by atoms with van der Waals surface area (Å²) in [5.41, 5.74) is 0. The molecule has 11 heavy (non-hydrogen) atoms. The van der Waals surface area contributed by atoms with Gasteiger partial charge in [0.2, 0.25) is 0 Å². The van der Waals surface area contributed by atoms with Crippen molar-refractivity contribution in [2.75, 3.05) is 0 Å². The monoisotopic (exact) mass is 233 g/mol. The predicted octanol–water partition coefficient (Wildman–Crippen LogP) is 2.47. The van der Waals surface area contributed by atoms with Crippen LogP contribution in [0.3, 0.4) is 0 Å². The second-order valence-corrected chi connectivity index (χ2v) is 6.29. The Hall–Kier alpha value is 1.12. The summed E-state index contributed by atoms with van der Waals surface area (Å²) in [6.45, 7) is 0. The van der Waals surface area contributed by atoms with Crippen LogP contribution in [0.4, 0.5) is 0 Å². The standard InChI is InChI=1S/C6H7Cl4N/c7-5(8)1-3(5)11-4-2-6(4,9)10/h3-4,11H,1-2H2. The summed E-state index contributed by atoms with van der Waals surface area (Å²) in [5.74, 6) is 0. The Balaban J connectivity index is 1.79. The highest BCUT2D eigenvalue weighted by Crippen LogP contribution is 2.52. The van der Waals surface area contributed by atoms with Gasteiger partial charge in [-0.15, -0.1) is 0 Å². The normalized spacial score (nSPS) is 43.6. The van der Waals surface area contributed by atoms with E-state index in [4.69, 9.17) is 46.4 Å². The van der Waals surface area contributed by atoms with Crippen molar-refractivity contribution in [2.24, 2.45) is 0 Å². The minimum atomic E-state index is -0.577. The Bertz CT molecular complexity index is 171. The molecule has 2 rings (SSSR count). The largest absolute Gasteiger partial charge is 0.305 e. The van der Waals surface area contributed by atoms with E-state index in [9.17, 15) is 0 Å². The van der Waals surface area contributed by atoms with Crippen LogP contribution in [0.1, 0.15) is 12.8 Å². The van der Waals surface area contributed by atoms with Gasteiger partial charge >= 0.3 is 0 Å². The van der Waals surface area contributed by atoms with Gasteiger partial charge in [0.1, 0.15) is 8.67 Å². The second-order valence-electron chi connectivity index (χ2n) is 3.20. The highest BCUT2D eigenvalue weighted by molar-refractivity contribution is 6.52. The Labute approximate surface area is 85.3 Å². The molecule has 0 radical (unpaired) electrons. The van der Waals surface area contributed by atoms with Gasteiger partial charge in [-0.05, 0) is 0 Å². The first kappa shape index (κ1) is 8.71. The van der Waals surface area contributed by atoms with Crippen LogP contribution in [0.25, 0.3) is 0 Å². The highest BCUT2D eigenvalue weighted by Gasteiger charge is 2.59. The van der Waals surface area contributed by atoms with Crippen molar-refractivity contribution in [3.63, 3.8) is 0 Å². The van der Waals surface area contributed by atoms with Crippen molar-refractivity contribution in [1.29, 1.82) is 0 Å². The quantitative estimate of drug-likeness (QED) is 0.725.